The molecule has 0 bridgehead atoms. The van der Waals surface area contributed by atoms with Crippen LogP contribution in [0.1, 0.15) is 11.1 Å². The summed E-state index contributed by atoms with van der Waals surface area (Å²) in [6.45, 7) is 0.846. The van der Waals surface area contributed by atoms with Gasteiger partial charge in [-0.05, 0) is 17.2 Å². The number of likely N-dealkylation sites (tertiary alicyclic amines) is 1. The van der Waals surface area contributed by atoms with Crippen LogP contribution < -0.4 is 0 Å². The lowest BCUT2D eigenvalue weighted by Gasteiger charge is -2.13. The van der Waals surface area contributed by atoms with Gasteiger partial charge in [-0.1, -0.05) is 60.7 Å². The summed E-state index contributed by atoms with van der Waals surface area (Å²) in [5.74, 6) is -0.809. The van der Waals surface area contributed by atoms with Crippen molar-refractivity contribution in [2.45, 2.75) is 6.54 Å². The van der Waals surface area contributed by atoms with Crippen LogP contribution >= 0.6 is 0 Å². The van der Waals surface area contributed by atoms with Crippen molar-refractivity contribution < 1.29 is 9.59 Å². The predicted octanol–water partition coefficient (Wildman–Crippen LogP) is 2.68. The standard InChI is InChI=1S/C18H15NO2/c20-17-16(11-14-7-3-1-4-8-14)13-19(18(17)21)12-15-9-5-2-6-10-15/h1-11H,12-13H2/b16-11+. The molecule has 104 valence electrons. The molecule has 1 aliphatic heterocycles. The van der Waals surface area contributed by atoms with Crippen LogP contribution in [0.5, 0.6) is 0 Å². The van der Waals surface area contributed by atoms with Crippen molar-refractivity contribution in [3.05, 3.63) is 77.4 Å². The van der Waals surface area contributed by atoms with Gasteiger partial charge in [-0.15, -0.1) is 0 Å². The Morgan fingerprint density at radius 2 is 1.52 bits per heavy atom. The topological polar surface area (TPSA) is 37.4 Å². The molecule has 21 heavy (non-hydrogen) atoms. The molecule has 1 aliphatic rings. The zero-order valence-corrected chi connectivity index (χ0v) is 11.5. The Balaban J connectivity index is 1.80. The van der Waals surface area contributed by atoms with Crippen LogP contribution in [0.4, 0.5) is 0 Å². The molecule has 2 aromatic carbocycles. The van der Waals surface area contributed by atoms with Crippen LogP contribution in [0.2, 0.25) is 0 Å². The lowest BCUT2D eigenvalue weighted by atomic mass is 10.1. The van der Waals surface area contributed by atoms with E-state index in [2.05, 4.69) is 0 Å². The summed E-state index contributed by atoms with van der Waals surface area (Å²) in [4.78, 5) is 25.7. The minimum atomic E-state index is -0.416. The molecular weight excluding hydrogens is 262 g/mol. The van der Waals surface area contributed by atoms with Gasteiger partial charge in [0.1, 0.15) is 0 Å². The smallest absolute Gasteiger partial charge is 0.295 e. The van der Waals surface area contributed by atoms with E-state index in [1.165, 1.54) is 0 Å². The van der Waals surface area contributed by atoms with Gasteiger partial charge in [0, 0.05) is 12.1 Å². The highest BCUT2D eigenvalue weighted by Crippen LogP contribution is 2.19. The van der Waals surface area contributed by atoms with Gasteiger partial charge in [-0.25, -0.2) is 0 Å². The van der Waals surface area contributed by atoms with Crippen LogP contribution in [-0.2, 0) is 16.1 Å². The molecular formula is C18H15NO2. The van der Waals surface area contributed by atoms with Gasteiger partial charge in [-0.3, -0.25) is 9.59 Å². The molecule has 0 aliphatic carbocycles. The third-order valence-corrected chi connectivity index (χ3v) is 3.49. The molecule has 0 spiro atoms. The highest BCUT2D eigenvalue weighted by molar-refractivity contribution is 6.45. The van der Waals surface area contributed by atoms with Crippen molar-refractivity contribution in [2.75, 3.05) is 6.54 Å². The second-order valence-corrected chi connectivity index (χ2v) is 5.06. The maximum Gasteiger partial charge on any atom is 0.295 e. The zero-order chi connectivity index (χ0) is 14.7. The Morgan fingerprint density at radius 3 is 2.19 bits per heavy atom. The molecule has 3 nitrogen and oxygen atoms in total. The van der Waals surface area contributed by atoms with Crippen LogP contribution in [-0.4, -0.2) is 23.1 Å². The van der Waals surface area contributed by atoms with Crippen molar-refractivity contribution in [1.29, 1.82) is 0 Å². The first-order valence-corrected chi connectivity index (χ1v) is 6.87. The number of ketones is 1. The summed E-state index contributed by atoms with van der Waals surface area (Å²) in [7, 11) is 0. The van der Waals surface area contributed by atoms with E-state index in [0.717, 1.165) is 11.1 Å². The fraction of sp³-hybridized carbons (Fsp3) is 0.111. The number of Topliss-reactive ketones (excluding diaryl/α,β-unsaturated/α-hetero) is 1. The third kappa shape index (κ3) is 2.92. The van der Waals surface area contributed by atoms with Crippen molar-refractivity contribution in [2.24, 2.45) is 0 Å². The fourth-order valence-corrected chi connectivity index (χ4v) is 2.42. The molecule has 3 heteroatoms. The molecule has 0 N–H and O–H groups in total. The first kappa shape index (κ1) is 13.3. The number of rotatable bonds is 3. The summed E-state index contributed by atoms with van der Waals surface area (Å²) < 4.78 is 0. The van der Waals surface area contributed by atoms with E-state index in [-0.39, 0.29) is 0 Å². The van der Waals surface area contributed by atoms with E-state index < -0.39 is 11.7 Å². The minimum absolute atomic E-state index is 0.376. The second-order valence-electron chi connectivity index (χ2n) is 5.06. The minimum Gasteiger partial charge on any atom is -0.327 e. The first-order chi connectivity index (χ1) is 10.2. The SMILES string of the molecule is O=C1C(=O)N(Cc2ccccc2)C/C1=C\c1ccccc1. The molecule has 0 radical (unpaired) electrons. The Labute approximate surface area is 123 Å². The van der Waals surface area contributed by atoms with Gasteiger partial charge in [0.25, 0.3) is 5.91 Å². The fourth-order valence-electron chi connectivity index (χ4n) is 2.42. The molecule has 1 fully saturated rings. The molecule has 0 unspecified atom stereocenters. The molecule has 0 atom stereocenters. The second kappa shape index (κ2) is 5.75. The van der Waals surface area contributed by atoms with E-state index in [1.807, 2.05) is 60.7 Å². The summed E-state index contributed by atoms with van der Waals surface area (Å²) >= 11 is 0. The van der Waals surface area contributed by atoms with E-state index in [4.69, 9.17) is 0 Å². The number of carbonyl (C=O) groups excluding carboxylic acids is 2. The van der Waals surface area contributed by atoms with Crippen LogP contribution in [0.25, 0.3) is 6.08 Å². The Hall–Kier alpha value is -2.68. The molecule has 3 rings (SSSR count). The maximum absolute atomic E-state index is 12.1. The predicted molar refractivity (Wildman–Crippen MR) is 81.3 cm³/mol. The largest absolute Gasteiger partial charge is 0.327 e. The van der Waals surface area contributed by atoms with Gasteiger partial charge < -0.3 is 4.90 Å². The first-order valence-electron chi connectivity index (χ1n) is 6.87. The van der Waals surface area contributed by atoms with Crippen LogP contribution in [0.15, 0.2) is 66.2 Å². The van der Waals surface area contributed by atoms with Crippen molar-refractivity contribution in [3.63, 3.8) is 0 Å². The lowest BCUT2D eigenvalue weighted by molar-refractivity contribution is -0.139. The van der Waals surface area contributed by atoms with Crippen LogP contribution in [0, 0.1) is 0 Å². The third-order valence-electron chi connectivity index (χ3n) is 3.49. The quantitative estimate of drug-likeness (QED) is 0.639. The summed E-state index contributed by atoms with van der Waals surface area (Å²) in [6.07, 6.45) is 1.80. The van der Waals surface area contributed by atoms with E-state index in [9.17, 15) is 9.59 Å². The Bertz CT molecular complexity index is 690. The molecule has 0 saturated carbocycles. The van der Waals surface area contributed by atoms with E-state index >= 15 is 0 Å². The highest BCUT2D eigenvalue weighted by Gasteiger charge is 2.33. The molecule has 1 amide bonds. The molecule has 1 heterocycles. The number of hydrogen-bond donors (Lipinski definition) is 0. The van der Waals surface area contributed by atoms with Gasteiger partial charge in [0.2, 0.25) is 5.78 Å². The normalized spacial score (nSPS) is 16.8. The van der Waals surface area contributed by atoms with Gasteiger partial charge in [-0.2, -0.15) is 0 Å². The van der Waals surface area contributed by atoms with Crippen molar-refractivity contribution in [1.82, 2.24) is 4.90 Å². The van der Waals surface area contributed by atoms with Crippen molar-refractivity contribution in [3.8, 4) is 0 Å². The zero-order valence-electron chi connectivity index (χ0n) is 11.5. The summed E-state index contributed by atoms with van der Waals surface area (Å²) in [5, 5.41) is 0. The summed E-state index contributed by atoms with van der Waals surface area (Å²) in [5.41, 5.74) is 2.52. The molecule has 1 saturated heterocycles. The lowest BCUT2D eigenvalue weighted by Crippen LogP contribution is -2.26. The number of hydrogen-bond acceptors (Lipinski definition) is 2. The Kier molecular flexibility index (Phi) is 3.65. The van der Waals surface area contributed by atoms with Gasteiger partial charge in [0.05, 0.1) is 6.54 Å². The number of amides is 1. The average molecular weight is 277 g/mol. The van der Waals surface area contributed by atoms with E-state index in [0.29, 0.717) is 18.7 Å². The number of carbonyl (C=O) groups is 2. The van der Waals surface area contributed by atoms with Crippen molar-refractivity contribution >= 4 is 17.8 Å². The summed E-state index contributed by atoms with van der Waals surface area (Å²) in [6, 6.07) is 19.3. The number of nitrogens with zero attached hydrogens (tertiary/aromatic N) is 1. The molecule has 0 aromatic heterocycles. The number of benzene rings is 2. The van der Waals surface area contributed by atoms with Gasteiger partial charge in [0.15, 0.2) is 0 Å². The van der Waals surface area contributed by atoms with E-state index in [1.54, 1.807) is 11.0 Å². The average Bonchev–Trinajstić information content (AvgIpc) is 2.78. The Morgan fingerprint density at radius 1 is 0.905 bits per heavy atom. The van der Waals surface area contributed by atoms with Crippen LogP contribution in [0.3, 0.4) is 0 Å². The monoisotopic (exact) mass is 277 g/mol. The van der Waals surface area contributed by atoms with Gasteiger partial charge >= 0.3 is 0 Å². The highest BCUT2D eigenvalue weighted by atomic mass is 16.2. The molecule has 2 aromatic rings. The maximum atomic E-state index is 12.1.